The fourth-order valence-corrected chi connectivity index (χ4v) is 4.16. The number of thiocarbonyl (C=S) groups is 1. The van der Waals surface area contributed by atoms with Crippen molar-refractivity contribution in [2.45, 2.75) is 39.7 Å². The molecular weight excluding hydrogens is 510 g/mol. The van der Waals surface area contributed by atoms with Crippen LogP contribution < -0.4 is 25.8 Å². The van der Waals surface area contributed by atoms with Gasteiger partial charge in [-0.15, -0.1) is 0 Å². The van der Waals surface area contributed by atoms with Crippen LogP contribution in [0.3, 0.4) is 0 Å². The Morgan fingerprint density at radius 3 is 2.57 bits per heavy atom. The van der Waals surface area contributed by atoms with Crippen molar-refractivity contribution in [2.75, 3.05) is 31.6 Å². The van der Waals surface area contributed by atoms with E-state index in [0.717, 1.165) is 32.5 Å². The molecule has 1 saturated carbocycles. The van der Waals surface area contributed by atoms with E-state index < -0.39 is 5.91 Å². The van der Waals surface area contributed by atoms with E-state index in [4.69, 9.17) is 39.0 Å². The molecule has 1 amide bonds. The molecule has 37 heavy (non-hydrogen) atoms. The van der Waals surface area contributed by atoms with Crippen LogP contribution in [0, 0.1) is 0 Å². The maximum atomic E-state index is 12.3. The zero-order valence-electron chi connectivity index (χ0n) is 21.5. The Morgan fingerprint density at radius 1 is 1.27 bits per heavy atom. The van der Waals surface area contributed by atoms with Crippen LogP contribution in [0.15, 0.2) is 41.4 Å². The van der Waals surface area contributed by atoms with Crippen LogP contribution >= 0.6 is 23.8 Å². The predicted octanol–water partition coefficient (Wildman–Crippen LogP) is 5.38. The number of allylic oxidation sites excluding steroid dienone is 1. The second kappa shape index (κ2) is 13.4. The Labute approximate surface area is 228 Å². The Hall–Kier alpha value is -3.14. The number of nitrogens with two attached hydrogens (primary N) is 1. The molecule has 0 bridgehead atoms. The normalized spacial score (nSPS) is 13.3. The quantitative estimate of drug-likeness (QED) is 0.177. The van der Waals surface area contributed by atoms with Gasteiger partial charge in [0.1, 0.15) is 23.9 Å². The van der Waals surface area contributed by atoms with Gasteiger partial charge < -0.3 is 30.7 Å². The molecule has 10 heteroatoms. The van der Waals surface area contributed by atoms with Gasteiger partial charge >= 0.3 is 0 Å². The SMILES string of the molecule is C=Nc1cc(OCCN(CC)CC)c(C(N)=O)cc1/C(=C\C)Oc1ccc(NC(=S)NC2CC2)c(Cl)c1. The van der Waals surface area contributed by atoms with Crippen molar-refractivity contribution in [2.24, 2.45) is 10.7 Å². The maximum absolute atomic E-state index is 12.3. The number of ether oxygens (including phenoxy) is 2. The average Bonchev–Trinajstić information content (AvgIpc) is 3.70. The molecule has 0 aromatic heterocycles. The van der Waals surface area contributed by atoms with Crippen LogP contribution in [0.25, 0.3) is 5.76 Å². The highest BCUT2D eigenvalue weighted by molar-refractivity contribution is 7.80. The largest absolute Gasteiger partial charge is 0.491 e. The first kappa shape index (κ1) is 28.4. The van der Waals surface area contributed by atoms with Crippen molar-refractivity contribution in [1.82, 2.24) is 10.2 Å². The topological polar surface area (TPSA) is 101 Å². The van der Waals surface area contributed by atoms with Gasteiger partial charge in [-0.3, -0.25) is 9.79 Å². The van der Waals surface area contributed by atoms with Gasteiger partial charge in [-0.25, -0.2) is 0 Å². The van der Waals surface area contributed by atoms with Crippen LogP contribution in [-0.2, 0) is 0 Å². The molecule has 0 atom stereocenters. The third-order valence-corrected chi connectivity index (χ3v) is 6.48. The number of aliphatic imine (C=N–C) groups is 1. The number of nitrogens with zero attached hydrogens (tertiary/aromatic N) is 2. The third kappa shape index (κ3) is 7.92. The number of rotatable bonds is 13. The van der Waals surface area contributed by atoms with Gasteiger partial charge in [0.15, 0.2) is 5.11 Å². The molecule has 0 unspecified atom stereocenters. The molecule has 2 aromatic rings. The molecule has 4 N–H and O–H groups in total. The van der Waals surface area contributed by atoms with Gasteiger partial charge in [-0.2, -0.15) is 0 Å². The lowest BCUT2D eigenvalue weighted by Crippen LogP contribution is -2.30. The van der Waals surface area contributed by atoms with Crippen molar-refractivity contribution in [3.05, 3.63) is 52.6 Å². The standard InChI is InChI=1S/C27H34ClN5O3S/c1-5-24(36-18-10-11-22(21(28)14-18)32-27(37)31-17-8-9-17)19-15-20(26(29)34)25(16-23(19)30-4)35-13-12-33(6-2)7-3/h5,10-11,14-17H,4,6-9,12-13H2,1-3H3,(H2,29,34)(H2,31,32,37)/b24-5+. The van der Waals surface area contributed by atoms with Crippen molar-refractivity contribution in [3.63, 3.8) is 0 Å². The van der Waals surface area contributed by atoms with Gasteiger partial charge in [0, 0.05) is 30.3 Å². The molecular formula is C27H34ClN5O3S. The summed E-state index contributed by atoms with van der Waals surface area (Å²) in [7, 11) is 0. The first-order valence-electron chi connectivity index (χ1n) is 12.3. The highest BCUT2D eigenvalue weighted by atomic mass is 35.5. The summed E-state index contributed by atoms with van der Waals surface area (Å²) in [6.07, 6.45) is 4.01. The maximum Gasteiger partial charge on any atom is 0.252 e. The van der Waals surface area contributed by atoms with Gasteiger partial charge in [-0.1, -0.05) is 25.4 Å². The molecule has 8 nitrogen and oxygen atoms in total. The Kier molecular flexibility index (Phi) is 10.3. The van der Waals surface area contributed by atoms with Crippen molar-refractivity contribution in [1.29, 1.82) is 0 Å². The minimum Gasteiger partial charge on any atom is -0.491 e. The summed E-state index contributed by atoms with van der Waals surface area (Å²) in [5, 5.41) is 7.31. The number of amides is 1. The van der Waals surface area contributed by atoms with Crippen LogP contribution in [0.2, 0.25) is 5.02 Å². The van der Waals surface area contributed by atoms with Crippen LogP contribution in [0.5, 0.6) is 11.5 Å². The lowest BCUT2D eigenvalue weighted by molar-refractivity contribution is 0.0995. The summed E-state index contributed by atoms with van der Waals surface area (Å²) in [6.45, 7) is 12.6. The van der Waals surface area contributed by atoms with E-state index in [1.54, 1.807) is 36.4 Å². The zero-order chi connectivity index (χ0) is 26.9. The Morgan fingerprint density at radius 2 is 2.00 bits per heavy atom. The number of hydrogen-bond acceptors (Lipinski definition) is 6. The zero-order valence-corrected chi connectivity index (χ0v) is 23.0. The van der Waals surface area contributed by atoms with Crippen LogP contribution in [-0.4, -0.2) is 54.9 Å². The van der Waals surface area contributed by atoms with Crippen LogP contribution in [0.1, 0.15) is 49.5 Å². The van der Waals surface area contributed by atoms with E-state index in [2.05, 4.69) is 41.1 Å². The molecule has 1 aliphatic rings. The third-order valence-electron chi connectivity index (χ3n) is 5.95. The number of primary amides is 1. The lowest BCUT2D eigenvalue weighted by atomic mass is 10.0. The van der Waals surface area contributed by atoms with E-state index in [1.165, 1.54) is 0 Å². The van der Waals surface area contributed by atoms with E-state index >= 15 is 0 Å². The van der Waals surface area contributed by atoms with Crippen LogP contribution in [0.4, 0.5) is 11.4 Å². The Balaban J connectivity index is 1.80. The summed E-state index contributed by atoms with van der Waals surface area (Å²) in [6, 6.07) is 8.97. The van der Waals surface area contributed by atoms with Crippen molar-refractivity contribution >= 4 is 58.7 Å². The summed E-state index contributed by atoms with van der Waals surface area (Å²) in [5.74, 6) is 0.706. The first-order chi connectivity index (χ1) is 17.8. The van der Waals surface area contributed by atoms with E-state index in [-0.39, 0.29) is 5.56 Å². The molecule has 0 spiro atoms. The highest BCUT2D eigenvalue weighted by Crippen LogP contribution is 2.36. The molecule has 3 rings (SSSR count). The fraction of sp³-hybridized carbons (Fsp3) is 0.370. The van der Waals surface area contributed by atoms with Gasteiger partial charge in [0.2, 0.25) is 0 Å². The van der Waals surface area contributed by atoms with Crippen molar-refractivity contribution in [3.8, 4) is 11.5 Å². The predicted molar refractivity (Wildman–Crippen MR) is 156 cm³/mol. The number of halogens is 1. The van der Waals surface area contributed by atoms with Crippen molar-refractivity contribution < 1.29 is 14.3 Å². The lowest BCUT2D eigenvalue weighted by Gasteiger charge is -2.20. The Bertz CT molecular complexity index is 1180. The molecule has 0 radical (unpaired) electrons. The van der Waals surface area contributed by atoms with Gasteiger partial charge in [0.05, 0.1) is 22.0 Å². The smallest absolute Gasteiger partial charge is 0.252 e. The second-order valence-corrected chi connectivity index (χ2v) is 9.35. The molecule has 0 aliphatic heterocycles. The summed E-state index contributed by atoms with van der Waals surface area (Å²) in [4.78, 5) is 18.6. The number of carbonyl (C=O) groups is 1. The van der Waals surface area contributed by atoms with E-state index in [9.17, 15) is 4.79 Å². The first-order valence-corrected chi connectivity index (χ1v) is 13.1. The van der Waals surface area contributed by atoms with Gasteiger partial charge in [0.25, 0.3) is 5.91 Å². The minimum atomic E-state index is -0.612. The average molecular weight is 544 g/mol. The number of benzene rings is 2. The molecule has 2 aromatic carbocycles. The highest BCUT2D eigenvalue weighted by Gasteiger charge is 2.22. The summed E-state index contributed by atoms with van der Waals surface area (Å²) >= 11 is 11.8. The van der Waals surface area contributed by atoms with E-state index in [1.807, 2.05) is 6.92 Å². The number of hydrogen-bond donors (Lipinski definition) is 3. The number of carbonyl (C=O) groups excluding carboxylic acids is 1. The minimum absolute atomic E-state index is 0.235. The number of likely N-dealkylation sites (N-methyl/N-ethyl adjacent to an activating group) is 1. The number of anilines is 1. The van der Waals surface area contributed by atoms with E-state index in [0.29, 0.717) is 57.0 Å². The molecule has 198 valence electrons. The molecule has 0 heterocycles. The fourth-order valence-electron chi connectivity index (χ4n) is 3.66. The summed E-state index contributed by atoms with van der Waals surface area (Å²) < 4.78 is 12.1. The number of nitrogens with one attached hydrogen (secondary N) is 2. The second-order valence-electron chi connectivity index (χ2n) is 8.53. The molecule has 1 fully saturated rings. The van der Waals surface area contributed by atoms with Gasteiger partial charge in [-0.05, 0) is 76.1 Å². The monoisotopic (exact) mass is 543 g/mol. The summed E-state index contributed by atoms with van der Waals surface area (Å²) in [5.41, 5.74) is 7.64. The molecule has 1 aliphatic carbocycles. The molecule has 0 saturated heterocycles.